The lowest BCUT2D eigenvalue weighted by Crippen LogP contribution is -2.38. The summed E-state index contributed by atoms with van der Waals surface area (Å²) < 4.78 is 16.4. The Hall–Kier alpha value is -3.88. The van der Waals surface area contributed by atoms with Gasteiger partial charge in [-0.3, -0.25) is 9.59 Å². The molecule has 8 nitrogen and oxygen atoms in total. The number of carbonyl (C=O) groups excluding carboxylic acids is 1. The number of benzene rings is 2. The van der Waals surface area contributed by atoms with Gasteiger partial charge in [0.2, 0.25) is 0 Å². The molecule has 150 valence electrons. The van der Waals surface area contributed by atoms with Gasteiger partial charge in [-0.15, -0.1) is 10.2 Å². The van der Waals surface area contributed by atoms with E-state index in [0.717, 1.165) is 10.9 Å². The molecule has 1 aliphatic rings. The van der Waals surface area contributed by atoms with Crippen molar-refractivity contribution in [2.24, 2.45) is 0 Å². The number of nitrogens with one attached hydrogen (secondary N) is 1. The largest absolute Gasteiger partial charge is 0.329 e. The second-order valence-corrected chi connectivity index (χ2v) is 7.20. The molecule has 0 aliphatic carbocycles. The van der Waals surface area contributed by atoms with Crippen LogP contribution in [0.2, 0.25) is 0 Å². The maximum absolute atomic E-state index is 14.5. The first-order valence-corrected chi connectivity index (χ1v) is 9.51. The Morgan fingerprint density at radius 2 is 1.97 bits per heavy atom. The van der Waals surface area contributed by atoms with Crippen LogP contribution in [0.25, 0.3) is 10.8 Å². The summed E-state index contributed by atoms with van der Waals surface area (Å²) >= 11 is 0. The zero-order valence-corrected chi connectivity index (χ0v) is 15.9. The number of aromatic amines is 1. The van der Waals surface area contributed by atoms with Gasteiger partial charge >= 0.3 is 0 Å². The van der Waals surface area contributed by atoms with Crippen molar-refractivity contribution in [2.75, 3.05) is 6.54 Å². The van der Waals surface area contributed by atoms with Gasteiger partial charge in [-0.2, -0.15) is 5.10 Å². The Kier molecular flexibility index (Phi) is 4.35. The molecule has 0 unspecified atom stereocenters. The molecule has 0 radical (unpaired) electrons. The van der Waals surface area contributed by atoms with Gasteiger partial charge in [-0.25, -0.2) is 9.49 Å². The number of amides is 1. The molecule has 2 aromatic heterocycles. The third-order valence-corrected chi connectivity index (χ3v) is 5.33. The van der Waals surface area contributed by atoms with Crippen LogP contribution in [0, 0.1) is 5.82 Å². The van der Waals surface area contributed by atoms with Gasteiger partial charge in [0.05, 0.1) is 23.2 Å². The minimum atomic E-state index is -0.574. The van der Waals surface area contributed by atoms with Crippen molar-refractivity contribution in [2.45, 2.75) is 19.5 Å². The minimum absolute atomic E-state index is 0.00851. The van der Waals surface area contributed by atoms with E-state index < -0.39 is 5.82 Å². The molecule has 1 amide bonds. The lowest BCUT2D eigenvalue weighted by Gasteiger charge is -2.27. The molecular weight excluding hydrogens is 387 g/mol. The van der Waals surface area contributed by atoms with Crippen molar-refractivity contribution in [3.63, 3.8) is 0 Å². The molecule has 0 atom stereocenters. The summed E-state index contributed by atoms with van der Waals surface area (Å²) in [5, 5.41) is 15.8. The van der Waals surface area contributed by atoms with E-state index in [1.54, 1.807) is 35.5 Å². The highest BCUT2D eigenvalue weighted by atomic mass is 19.1. The fraction of sp³-hybridized carbons (Fsp3) is 0.190. The first-order chi connectivity index (χ1) is 14.6. The summed E-state index contributed by atoms with van der Waals surface area (Å²) in [5.41, 5.74) is 1.13. The van der Waals surface area contributed by atoms with Gasteiger partial charge in [0.15, 0.2) is 5.82 Å². The van der Waals surface area contributed by atoms with Crippen molar-refractivity contribution in [3.05, 3.63) is 87.6 Å². The van der Waals surface area contributed by atoms with Crippen LogP contribution in [0.15, 0.2) is 53.6 Å². The van der Waals surface area contributed by atoms with Crippen molar-refractivity contribution in [1.82, 2.24) is 29.9 Å². The Balaban J connectivity index is 1.45. The number of hydrogen-bond acceptors (Lipinski definition) is 5. The number of nitrogens with zero attached hydrogens (tertiary/aromatic N) is 5. The average Bonchev–Trinajstić information content (AvgIpc) is 3.24. The second kappa shape index (κ2) is 7.18. The van der Waals surface area contributed by atoms with Crippen LogP contribution >= 0.6 is 0 Å². The highest BCUT2D eigenvalue weighted by molar-refractivity contribution is 5.94. The number of halogens is 1. The summed E-state index contributed by atoms with van der Waals surface area (Å²) in [7, 11) is 0. The molecule has 2 aromatic carbocycles. The van der Waals surface area contributed by atoms with Crippen LogP contribution in [-0.2, 0) is 19.5 Å². The van der Waals surface area contributed by atoms with Crippen LogP contribution in [0.5, 0.6) is 0 Å². The molecule has 0 saturated carbocycles. The molecule has 3 heterocycles. The Bertz CT molecular complexity index is 1330. The van der Waals surface area contributed by atoms with E-state index in [4.69, 9.17) is 0 Å². The van der Waals surface area contributed by atoms with Gasteiger partial charge in [0.25, 0.3) is 11.5 Å². The van der Waals surface area contributed by atoms with Crippen LogP contribution in [0.3, 0.4) is 0 Å². The lowest BCUT2D eigenvalue weighted by atomic mass is 10.0. The third-order valence-electron chi connectivity index (χ3n) is 5.33. The minimum Gasteiger partial charge on any atom is -0.329 e. The summed E-state index contributed by atoms with van der Waals surface area (Å²) in [6.45, 7) is 1.32. The number of hydrogen-bond donors (Lipinski definition) is 1. The zero-order chi connectivity index (χ0) is 20.7. The Morgan fingerprint density at radius 1 is 1.13 bits per heavy atom. The number of H-pyrrole nitrogens is 1. The lowest BCUT2D eigenvalue weighted by molar-refractivity contribution is 0.0702. The molecule has 1 N–H and O–H groups in total. The van der Waals surface area contributed by atoms with Crippen LogP contribution in [0.4, 0.5) is 4.39 Å². The quantitative estimate of drug-likeness (QED) is 0.563. The molecule has 0 spiro atoms. The molecular formula is C21H17FN6O2. The normalized spacial score (nSPS) is 13.4. The standard InChI is InChI=1S/C21H17FN6O2/c22-17-6-5-13(10-18-14-3-1-2-4-15(14)20(29)26-24-18)9-16(17)21(30)27-7-8-28-12-23-25-19(28)11-27/h1-6,9,12H,7-8,10-11H2,(H,26,29). The summed E-state index contributed by atoms with van der Waals surface area (Å²) in [4.78, 5) is 26.5. The number of rotatable bonds is 3. The number of carbonyl (C=O) groups is 1. The van der Waals surface area contributed by atoms with E-state index in [1.165, 1.54) is 6.07 Å². The summed E-state index contributed by atoms with van der Waals surface area (Å²) in [5.74, 6) is -0.284. The average molecular weight is 404 g/mol. The maximum atomic E-state index is 14.5. The van der Waals surface area contributed by atoms with Crippen LogP contribution in [-0.4, -0.2) is 42.3 Å². The monoisotopic (exact) mass is 404 g/mol. The second-order valence-electron chi connectivity index (χ2n) is 7.20. The zero-order valence-electron chi connectivity index (χ0n) is 15.9. The summed E-state index contributed by atoms with van der Waals surface area (Å²) in [6.07, 6.45) is 1.98. The van der Waals surface area contributed by atoms with Crippen molar-refractivity contribution < 1.29 is 9.18 Å². The SMILES string of the molecule is O=C(c1cc(Cc2n[nH]c(=O)c3ccccc23)ccc1F)N1CCn2cnnc2C1. The van der Waals surface area contributed by atoms with Gasteiger partial charge in [-0.05, 0) is 23.8 Å². The molecule has 5 rings (SSSR count). The van der Waals surface area contributed by atoms with Gasteiger partial charge < -0.3 is 9.47 Å². The summed E-state index contributed by atoms with van der Waals surface area (Å²) in [6, 6.07) is 11.7. The molecule has 9 heteroatoms. The van der Waals surface area contributed by atoms with Crippen LogP contribution in [0.1, 0.15) is 27.4 Å². The van der Waals surface area contributed by atoms with Gasteiger partial charge in [-0.1, -0.05) is 24.3 Å². The molecule has 1 aliphatic heterocycles. The highest BCUT2D eigenvalue weighted by Crippen LogP contribution is 2.21. The fourth-order valence-electron chi connectivity index (χ4n) is 3.76. The van der Waals surface area contributed by atoms with E-state index in [2.05, 4.69) is 20.4 Å². The van der Waals surface area contributed by atoms with E-state index in [9.17, 15) is 14.0 Å². The first kappa shape index (κ1) is 18.2. The smallest absolute Gasteiger partial charge is 0.272 e. The van der Waals surface area contributed by atoms with E-state index in [-0.39, 0.29) is 23.6 Å². The predicted octanol–water partition coefficient (Wildman–Crippen LogP) is 1.90. The van der Waals surface area contributed by atoms with Gasteiger partial charge in [0.1, 0.15) is 12.1 Å². The number of fused-ring (bicyclic) bond motifs is 2. The fourth-order valence-corrected chi connectivity index (χ4v) is 3.76. The first-order valence-electron chi connectivity index (χ1n) is 9.51. The molecule has 0 fully saturated rings. The van der Waals surface area contributed by atoms with Crippen LogP contribution < -0.4 is 5.56 Å². The predicted molar refractivity (Wildman–Crippen MR) is 106 cm³/mol. The van der Waals surface area contributed by atoms with Crippen molar-refractivity contribution in [1.29, 1.82) is 0 Å². The van der Waals surface area contributed by atoms with Gasteiger partial charge in [0, 0.05) is 24.9 Å². The van der Waals surface area contributed by atoms with E-state index >= 15 is 0 Å². The third kappa shape index (κ3) is 3.14. The maximum Gasteiger partial charge on any atom is 0.272 e. The molecule has 0 bridgehead atoms. The number of aromatic nitrogens is 5. The molecule has 4 aromatic rings. The Morgan fingerprint density at radius 3 is 2.83 bits per heavy atom. The van der Waals surface area contributed by atoms with Crippen molar-refractivity contribution >= 4 is 16.7 Å². The van der Waals surface area contributed by atoms with E-state index in [0.29, 0.717) is 36.4 Å². The topological polar surface area (TPSA) is 96.8 Å². The molecule has 30 heavy (non-hydrogen) atoms. The molecule has 0 saturated heterocycles. The Labute approximate surface area is 170 Å². The highest BCUT2D eigenvalue weighted by Gasteiger charge is 2.25. The van der Waals surface area contributed by atoms with E-state index in [1.807, 2.05) is 16.7 Å². The van der Waals surface area contributed by atoms with Crippen molar-refractivity contribution in [3.8, 4) is 0 Å².